The van der Waals surface area contributed by atoms with Crippen LogP contribution in [0.2, 0.25) is 5.15 Å². The standard InChI is InChI=1S/C10H8ClN3O/c11-8-7(2-1-5-13-8)9(15)14-10(6-12)3-4-10/h1-2,5H,3-4H2,(H,14,15). The van der Waals surface area contributed by atoms with Gasteiger partial charge in [0.2, 0.25) is 0 Å². The summed E-state index contributed by atoms with van der Waals surface area (Å²) in [5.41, 5.74) is -0.364. The fraction of sp³-hybridized carbons (Fsp3) is 0.300. The molecule has 5 heteroatoms. The molecule has 2 rings (SSSR count). The smallest absolute Gasteiger partial charge is 0.255 e. The molecule has 1 fully saturated rings. The van der Waals surface area contributed by atoms with E-state index in [1.807, 2.05) is 0 Å². The van der Waals surface area contributed by atoms with Gasteiger partial charge in [0, 0.05) is 6.20 Å². The van der Waals surface area contributed by atoms with Gasteiger partial charge in [-0.15, -0.1) is 0 Å². The molecule has 1 aliphatic carbocycles. The number of carbonyl (C=O) groups is 1. The topological polar surface area (TPSA) is 65.8 Å². The van der Waals surface area contributed by atoms with E-state index in [9.17, 15) is 4.79 Å². The molecular formula is C10H8ClN3O. The van der Waals surface area contributed by atoms with Crippen LogP contribution in [0.15, 0.2) is 18.3 Å². The van der Waals surface area contributed by atoms with E-state index in [0.29, 0.717) is 18.4 Å². The first-order valence-electron chi connectivity index (χ1n) is 4.51. The Kier molecular flexibility index (Phi) is 2.33. The maximum absolute atomic E-state index is 11.7. The lowest BCUT2D eigenvalue weighted by Gasteiger charge is -2.09. The SMILES string of the molecule is N#CC1(NC(=O)c2cccnc2Cl)CC1. The molecule has 1 saturated carbocycles. The normalized spacial score (nSPS) is 16.5. The van der Waals surface area contributed by atoms with Crippen molar-refractivity contribution in [2.24, 2.45) is 0 Å². The van der Waals surface area contributed by atoms with Gasteiger partial charge in [-0.25, -0.2) is 4.98 Å². The van der Waals surface area contributed by atoms with Gasteiger partial charge in [-0.3, -0.25) is 4.79 Å². The molecule has 1 aromatic rings. The summed E-state index contributed by atoms with van der Waals surface area (Å²) in [5.74, 6) is -0.341. The quantitative estimate of drug-likeness (QED) is 0.770. The van der Waals surface area contributed by atoms with Gasteiger partial charge in [-0.05, 0) is 25.0 Å². The van der Waals surface area contributed by atoms with E-state index < -0.39 is 5.54 Å². The van der Waals surface area contributed by atoms with Crippen LogP contribution in [-0.2, 0) is 0 Å². The van der Waals surface area contributed by atoms with Crippen molar-refractivity contribution >= 4 is 17.5 Å². The Morgan fingerprint density at radius 3 is 2.93 bits per heavy atom. The summed E-state index contributed by atoms with van der Waals surface area (Å²) in [7, 11) is 0. The second-order valence-corrected chi connectivity index (χ2v) is 3.85. The van der Waals surface area contributed by atoms with Crippen molar-refractivity contribution in [3.8, 4) is 6.07 Å². The first kappa shape index (κ1) is 9.94. The number of halogens is 1. The highest BCUT2D eigenvalue weighted by Crippen LogP contribution is 2.34. The van der Waals surface area contributed by atoms with Gasteiger partial charge in [0.25, 0.3) is 5.91 Å². The predicted octanol–water partition coefficient (Wildman–Crippen LogP) is 1.52. The molecule has 0 spiro atoms. The lowest BCUT2D eigenvalue weighted by molar-refractivity contribution is 0.0941. The molecule has 0 radical (unpaired) electrons. The third kappa shape index (κ3) is 1.92. The van der Waals surface area contributed by atoms with Crippen LogP contribution in [0.25, 0.3) is 0 Å². The Hall–Kier alpha value is -1.60. The molecular weight excluding hydrogens is 214 g/mol. The third-order valence-electron chi connectivity index (χ3n) is 2.32. The molecule has 1 aromatic heterocycles. The highest BCUT2D eigenvalue weighted by atomic mass is 35.5. The van der Waals surface area contributed by atoms with E-state index in [-0.39, 0.29) is 11.1 Å². The summed E-state index contributed by atoms with van der Waals surface area (Å²) in [6.07, 6.45) is 2.91. The van der Waals surface area contributed by atoms with Gasteiger partial charge in [0.05, 0.1) is 11.6 Å². The minimum Gasteiger partial charge on any atom is -0.334 e. The Morgan fingerprint density at radius 1 is 1.67 bits per heavy atom. The third-order valence-corrected chi connectivity index (χ3v) is 2.62. The lowest BCUT2D eigenvalue weighted by Crippen LogP contribution is -2.35. The van der Waals surface area contributed by atoms with Crippen molar-refractivity contribution in [3.63, 3.8) is 0 Å². The average molecular weight is 222 g/mol. The van der Waals surface area contributed by atoms with Crippen LogP contribution in [0.4, 0.5) is 0 Å². The number of amides is 1. The molecule has 0 atom stereocenters. The number of rotatable bonds is 2. The van der Waals surface area contributed by atoms with Gasteiger partial charge in [-0.2, -0.15) is 5.26 Å². The van der Waals surface area contributed by atoms with Crippen LogP contribution in [0.5, 0.6) is 0 Å². The van der Waals surface area contributed by atoms with Crippen LogP contribution in [0.3, 0.4) is 0 Å². The average Bonchev–Trinajstić information content (AvgIpc) is 2.99. The van der Waals surface area contributed by atoms with Crippen molar-refractivity contribution < 1.29 is 4.79 Å². The summed E-state index contributed by atoms with van der Waals surface area (Å²) in [4.78, 5) is 15.5. The fourth-order valence-electron chi connectivity index (χ4n) is 1.23. The number of nitrogens with one attached hydrogen (secondary N) is 1. The molecule has 0 aliphatic heterocycles. The van der Waals surface area contributed by atoms with E-state index >= 15 is 0 Å². The lowest BCUT2D eigenvalue weighted by atomic mass is 10.2. The van der Waals surface area contributed by atoms with E-state index in [1.54, 1.807) is 12.1 Å². The Bertz CT molecular complexity index is 448. The summed E-state index contributed by atoms with van der Waals surface area (Å²) >= 11 is 5.76. The molecule has 0 unspecified atom stereocenters. The highest BCUT2D eigenvalue weighted by Gasteiger charge is 2.44. The molecule has 76 valence electrons. The summed E-state index contributed by atoms with van der Waals surface area (Å²) in [5, 5.41) is 11.6. The van der Waals surface area contributed by atoms with Crippen LogP contribution >= 0.6 is 11.6 Å². The molecule has 1 N–H and O–H groups in total. The second-order valence-electron chi connectivity index (χ2n) is 3.49. The number of aromatic nitrogens is 1. The van der Waals surface area contributed by atoms with Crippen molar-refractivity contribution in [1.29, 1.82) is 5.26 Å². The van der Waals surface area contributed by atoms with E-state index in [0.717, 1.165) is 0 Å². The first-order valence-corrected chi connectivity index (χ1v) is 4.89. The Labute approximate surface area is 91.9 Å². The van der Waals surface area contributed by atoms with Crippen molar-refractivity contribution in [2.45, 2.75) is 18.4 Å². The van der Waals surface area contributed by atoms with Crippen LogP contribution in [0.1, 0.15) is 23.2 Å². The molecule has 1 aliphatic rings. The Balaban J connectivity index is 2.16. The fourth-order valence-corrected chi connectivity index (χ4v) is 1.43. The monoisotopic (exact) mass is 221 g/mol. The Morgan fingerprint density at radius 2 is 2.40 bits per heavy atom. The van der Waals surface area contributed by atoms with Crippen LogP contribution < -0.4 is 5.32 Å². The minimum absolute atomic E-state index is 0.156. The zero-order chi connectivity index (χ0) is 10.9. The van der Waals surface area contributed by atoms with Gasteiger partial charge in [0.1, 0.15) is 10.7 Å². The highest BCUT2D eigenvalue weighted by molar-refractivity contribution is 6.32. The van der Waals surface area contributed by atoms with Gasteiger partial charge < -0.3 is 5.32 Å². The predicted molar refractivity (Wildman–Crippen MR) is 54.3 cm³/mol. The maximum atomic E-state index is 11.7. The molecule has 1 amide bonds. The number of hydrogen-bond donors (Lipinski definition) is 1. The van der Waals surface area contributed by atoms with Gasteiger partial charge in [-0.1, -0.05) is 11.6 Å². The van der Waals surface area contributed by atoms with Crippen molar-refractivity contribution in [1.82, 2.24) is 10.3 Å². The first-order chi connectivity index (χ1) is 7.17. The van der Waals surface area contributed by atoms with Crippen molar-refractivity contribution in [3.05, 3.63) is 29.0 Å². The zero-order valence-electron chi connectivity index (χ0n) is 7.83. The van der Waals surface area contributed by atoms with Crippen molar-refractivity contribution in [2.75, 3.05) is 0 Å². The van der Waals surface area contributed by atoms with E-state index in [2.05, 4.69) is 16.4 Å². The van der Waals surface area contributed by atoms with Gasteiger partial charge in [0.15, 0.2) is 0 Å². The largest absolute Gasteiger partial charge is 0.334 e. The number of pyridine rings is 1. The molecule has 4 nitrogen and oxygen atoms in total. The number of hydrogen-bond acceptors (Lipinski definition) is 3. The minimum atomic E-state index is -0.670. The molecule has 0 bridgehead atoms. The molecule has 1 heterocycles. The second kappa shape index (κ2) is 3.52. The van der Waals surface area contributed by atoms with Gasteiger partial charge >= 0.3 is 0 Å². The van der Waals surface area contributed by atoms with E-state index in [4.69, 9.17) is 16.9 Å². The zero-order valence-corrected chi connectivity index (χ0v) is 8.58. The van der Waals surface area contributed by atoms with Crippen LogP contribution in [-0.4, -0.2) is 16.4 Å². The maximum Gasteiger partial charge on any atom is 0.255 e. The summed E-state index contributed by atoms with van der Waals surface area (Å²) < 4.78 is 0. The molecule has 0 saturated heterocycles. The number of nitriles is 1. The summed E-state index contributed by atoms with van der Waals surface area (Å²) in [6, 6.07) is 5.29. The summed E-state index contributed by atoms with van der Waals surface area (Å²) in [6.45, 7) is 0. The molecule has 15 heavy (non-hydrogen) atoms. The van der Waals surface area contributed by atoms with E-state index in [1.165, 1.54) is 6.20 Å². The number of nitrogens with zero attached hydrogens (tertiary/aromatic N) is 2. The molecule has 0 aromatic carbocycles. The van der Waals surface area contributed by atoms with Crippen LogP contribution in [0, 0.1) is 11.3 Å². The number of carbonyl (C=O) groups excluding carboxylic acids is 1.